The highest BCUT2D eigenvalue weighted by Gasteiger charge is 2.12. The van der Waals surface area contributed by atoms with E-state index in [1.807, 2.05) is 25.2 Å². The molecule has 1 heterocycles. The van der Waals surface area contributed by atoms with Gasteiger partial charge in [0.05, 0.1) is 0 Å². The Balaban J connectivity index is 1.91. The van der Waals surface area contributed by atoms with Gasteiger partial charge in [0.15, 0.2) is 0 Å². The van der Waals surface area contributed by atoms with Crippen molar-refractivity contribution in [2.75, 3.05) is 33.2 Å². The molecule has 19 heavy (non-hydrogen) atoms. The molecule has 0 bridgehead atoms. The predicted octanol–water partition coefficient (Wildman–Crippen LogP) is 1.23. The maximum atomic E-state index is 12.0. The van der Waals surface area contributed by atoms with Crippen molar-refractivity contribution in [1.29, 1.82) is 0 Å². The highest BCUT2D eigenvalue weighted by Crippen LogP contribution is 2.13. The number of nitrogens with zero attached hydrogens (tertiary/aromatic N) is 1. The average Bonchev–Trinajstić information content (AvgIpc) is 2.92. The van der Waals surface area contributed by atoms with Crippen LogP contribution in [0, 0.1) is 0 Å². The summed E-state index contributed by atoms with van der Waals surface area (Å²) in [6.07, 6.45) is 2.59. The Labute approximate surface area is 115 Å². The number of carbonyl (C=O) groups excluding carboxylic acids is 1. The summed E-state index contributed by atoms with van der Waals surface area (Å²) in [5, 5.41) is 5.92. The lowest BCUT2D eigenvalue weighted by molar-refractivity contribution is 0.0954. The zero-order valence-electron chi connectivity index (χ0n) is 11.6. The maximum absolute atomic E-state index is 12.0. The van der Waals surface area contributed by atoms with E-state index >= 15 is 0 Å². The van der Waals surface area contributed by atoms with Crippen LogP contribution in [0.2, 0.25) is 0 Å². The summed E-state index contributed by atoms with van der Waals surface area (Å²) in [6, 6.07) is 7.95. The smallest absolute Gasteiger partial charge is 0.251 e. The molecule has 104 valence electrons. The van der Waals surface area contributed by atoms with Crippen molar-refractivity contribution in [3.05, 3.63) is 35.4 Å². The largest absolute Gasteiger partial charge is 0.351 e. The van der Waals surface area contributed by atoms with Crippen LogP contribution in [0.25, 0.3) is 0 Å². The van der Waals surface area contributed by atoms with E-state index in [9.17, 15) is 4.79 Å². The molecule has 2 rings (SSSR count). The number of benzene rings is 1. The summed E-state index contributed by atoms with van der Waals surface area (Å²) in [4.78, 5) is 14.4. The molecule has 0 saturated carbocycles. The topological polar surface area (TPSA) is 44.4 Å². The van der Waals surface area contributed by atoms with Gasteiger partial charge >= 0.3 is 0 Å². The monoisotopic (exact) mass is 261 g/mol. The second kappa shape index (κ2) is 7.26. The molecule has 0 aromatic heterocycles. The van der Waals surface area contributed by atoms with E-state index in [0.29, 0.717) is 6.54 Å². The second-order valence-electron chi connectivity index (χ2n) is 5.04. The lowest BCUT2D eigenvalue weighted by atomic mass is 10.1. The number of likely N-dealkylation sites (N-methyl/N-ethyl adjacent to an activating group) is 1. The first-order valence-corrected chi connectivity index (χ1v) is 7.03. The van der Waals surface area contributed by atoms with Gasteiger partial charge in [-0.1, -0.05) is 12.1 Å². The lowest BCUT2D eigenvalue weighted by Gasteiger charge is -2.15. The fourth-order valence-corrected chi connectivity index (χ4v) is 2.41. The summed E-state index contributed by atoms with van der Waals surface area (Å²) < 4.78 is 0. The van der Waals surface area contributed by atoms with Crippen molar-refractivity contribution in [2.45, 2.75) is 19.4 Å². The van der Waals surface area contributed by atoms with Gasteiger partial charge in [-0.05, 0) is 50.7 Å². The molecule has 1 aliphatic rings. The van der Waals surface area contributed by atoms with Gasteiger partial charge < -0.3 is 10.6 Å². The summed E-state index contributed by atoms with van der Waals surface area (Å²) in [6.45, 7) is 4.76. The van der Waals surface area contributed by atoms with E-state index in [4.69, 9.17) is 0 Å². The first-order valence-electron chi connectivity index (χ1n) is 7.03. The van der Waals surface area contributed by atoms with E-state index < -0.39 is 0 Å². The standard InChI is InChI=1S/C15H23N3O/c1-16-7-8-17-15(19)14-6-4-5-13(11-14)12-18-9-2-3-10-18/h4-6,11,16H,2-3,7-10,12H2,1H3,(H,17,19). The number of carbonyl (C=O) groups is 1. The summed E-state index contributed by atoms with van der Waals surface area (Å²) in [7, 11) is 1.88. The summed E-state index contributed by atoms with van der Waals surface area (Å²) >= 11 is 0. The summed E-state index contributed by atoms with van der Waals surface area (Å²) in [5.41, 5.74) is 1.98. The molecule has 2 N–H and O–H groups in total. The van der Waals surface area contributed by atoms with Crippen molar-refractivity contribution >= 4 is 5.91 Å². The zero-order valence-corrected chi connectivity index (χ0v) is 11.6. The van der Waals surface area contributed by atoms with E-state index in [0.717, 1.165) is 18.7 Å². The van der Waals surface area contributed by atoms with Crippen LogP contribution in [0.1, 0.15) is 28.8 Å². The number of hydrogen-bond donors (Lipinski definition) is 2. The van der Waals surface area contributed by atoms with Crippen molar-refractivity contribution in [3.8, 4) is 0 Å². The molecule has 4 nitrogen and oxygen atoms in total. The van der Waals surface area contributed by atoms with E-state index in [-0.39, 0.29) is 5.91 Å². The molecule has 0 aliphatic carbocycles. The van der Waals surface area contributed by atoms with Gasteiger partial charge in [-0.25, -0.2) is 0 Å². The van der Waals surface area contributed by atoms with E-state index in [2.05, 4.69) is 21.6 Å². The Bertz CT molecular complexity index is 414. The zero-order chi connectivity index (χ0) is 13.5. The highest BCUT2D eigenvalue weighted by molar-refractivity contribution is 5.94. The molecular formula is C15H23N3O. The third-order valence-electron chi connectivity index (χ3n) is 3.45. The van der Waals surface area contributed by atoms with Crippen molar-refractivity contribution < 1.29 is 4.79 Å². The third-order valence-corrected chi connectivity index (χ3v) is 3.45. The van der Waals surface area contributed by atoms with Crippen molar-refractivity contribution in [2.24, 2.45) is 0 Å². The molecule has 1 aromatic rings. The van der Waals surface area contributed by atoms with Crippen LogP contribution in [0.5, 0.6) is 0 Å². The Morgan fingerprint density at radius 3 is 2.79 bits per heavy atom. The molecule has 1 fully saturated rings. The van der Waals surface area contributed by atoms with E-state index in [1.165, 1.54) is 31.5 Å². The van der Waals surface area contributed by atoms with Crippen LogP contribution < -0.4 is 10.6 Å². The Morgan fingerprint density at radius 1 is 1.26 bits per heavy atom. The average molecular weight is 261 g/mol. The van der Waals surface area contributed by atoms with Crippen LogP contribution in [-0.4, -0.2) is 44.0 Å². The number of hydrogen-bond acceptors (Lipinski definition) is 3. The van der Waals surface area contributed by atoms with Crippen LogP contribution >= 0.6 is 0 Å². The van der Waals surface area contributed by atoms with Gasteiger partial charge in [0.1, 0.15) is 0 Å². The molecule has 0 unspecified atom stereocenters. The minimum Gasteiger partial charge on any atom is -0.351 e. The summed E-state index contributed by atoms with van der Waals surface area (Å²) in [5.74, 6) is 0.0125. The Morgan fingerprint density at radius 2 is 2.05 bits per heavy atom. The van der Waals surface area contributed by atoms with Crippen LogP contribution in [0.4, 0.5) is 0 Å². The maximum Gasteiger partial charge on any atom is 0.251 e. The van der Waals surface area contributed by atoms with Gasteiger partial charge in [0.25, 0.3) is 5.91 Å². The minimum atomic E-state index is 0.0125. The number of nitrogens with one attached hydrogen (secondary N) is 2. The van der Waals surface area contributed by atoms with Crippen LogP contribution in [0.15, 0.2) is 24.3 Å². The molecule has 1 aliphatic heterocycles. The van der Waals surface area contributed by atoms with Crippen molar-refractivity contribution in [1.82, 2.24) is 15.5 Å². The van der Waals surface area contributed by atoms with Crippen LogP contribution in [0.3, 0.4) is 0 Å². The Hall–Kier alpha value is -1.39. The normalized spacial score (nSPS) is 15.6. The van der Waals surface area contributed by atoms with E-state index in [1.54, 1.807) is 0 Å². The molecule has 0 spiro atoms. The molecule has 1 aromatic carbocycles. The Kier molecular flexibility index (Phi) is 5.36. The van der Waals surface area contributed by atoms with Crippen molar-refractivity contribution in [3.63, 3.8) is 0 Å². The molecule has 0 radical (unpaired) electrons. The van der Waals surface area contributed by atoms with Gasteiger partial charge in [-0.2, -0.15) is 0 Å². The highest BCUT2D eigenvalue weighted by atomic mass is 16.1. The minimum absolute atomic E-state index is 0.0125. The number of rotatable bonds is 6. The molecule has 4 heteroatoms. The molecule has 1 saturated heterocycles. The van der Waals surface area contributed by atoms with Gasteiger partial charge in [-0.3, -0.25) is 9.69 Å². The van der Waals surface area contributed by atoms with Gasteiger partial charge in [-0.15, -0.1) is 0 Å². The predicted molar refractivity (Wildman–Crippen MR) is 77.2 cm³/mol. The van der Waals surface area contributed by atoms with Gasteiger partial charge in [0.2, 0.25) is 0 Å². The quantitative estimate of drug-likeness (QED) is 0.757. The SMILES string of the molecule is CNCCNC(=O)c1cccc(CN2CCCC2)c1. The van der Waals surface area contributed by atoms with Crippen LogP contribution in [-0.2, 0) is 6.54 Å². The third kappa shape index (κ3) is 4.33. The number of amides is 1. The first kappa shape index (κ1) is 14.0. The number of likely N-dealkylation sites (tertiary alicyclic amines) is 1. The first-order chi connectivity index (χ1) is 9.29. The molecule has 1 amide bonds. The lowest BCUT2D eigenvalue weighted by Crippen LogP contribution is -2.30. The molecule has 0 atom stereocenters. The second-order valence-corrected chi connectivity index (χ2v) is 5.04. The molecular weight excluding hydrogens is 238 g/mol. The fourth-order valence-electron chi connectivity index (χ4n) is 2.41. The fraction of sp³-hybridized carbons (Fsp3) is 0.533. The van der Waals surface area contributed by atoms with Gasteiger partial charge in [0, 0.05) is 25.2 Å².